The Hall–Kier alpha value is -1.46. The summed E-state index contributed by atoms with van der Waals surface area (Å²) in [6, 6.07) is 1.30. The van der Waals surface area contributed by atoms with Crippen LogP contribution < -0.4 is 10.5 Å². The molecular weight excluding hydrogens is 346 g/mol. The van der Waals surface area contributed by atoms with Gasteiger partial charge in [-0.05, 0) is 14.0 Å². The van der Waals surface area contributed by atoms with Crippen LogP contribution >= 0.6 is 12.4 Å². The van der Waals surface area contributed by atoms with E-state index in [1.54, 1.807) is 0 Å². The van der Waals surface area contributed by atoms with Gasteiger partial charge in [0, 0.05) is 25.7 Å². The van der Waals surface area contributed by atoms with Crippen LogP contribution in [0, 0.1) is 6.92 Å². The normalized spacial score (nSPS) is 19.5. The van der Waals surface area contributed by atoms with Gasteiger partial charge in [0.1, 0.15) is 10.7 Å². The number of nitrogens with zero attached hydrogens (tertiary/aromatic N) is 3. The molecule has 128 valence electrons. The predicted molar refractivity (Wildman–Crippen MR) is 83.6 cm³/mol. The summed E-state index contributed by atoms with van der Waals surface area (Å²) in [6.45, 7) is 4.02. The number of hydrogen-bond donors (Lipinski definition) is 2. The predicted octanol–water partition coefficient (Wildman–Crippen LogP) is 0.283. The highest BCUT2D eigenvalue weighted by atomic mass is 35.5. The van der Waals surface area contributed by atoms with Crippen LogP contribution in [-0.4, -0.2) is 50.1 Å². The average molecular weight is 364 g/mol. The van der Waals surface area contributed by atoms with Crippen molar-refractivity contribution in [2.75, 3.05) is 26.7 Å². The fourth-order valence-corrected chi connectivity index (χ4v) is 3.13. The summed E-state index contributed by atoms with van der Waals surface area (Å²) < 4.78 is 33.4. The van der Waals surface area contributed by atoms with Crippen LogP contribution in [0.3, 0.4) is 0 Å². The lowest BCUT2D eigenvalue weighted by Crippen LogP contribution is -2.44. The zero-order valence-electron chi connectivity index (χ0n) is 12.6. The molecule has 3 heterocycles. The number of aromatic nitrogens is 2. The molecule has 3 N–H and O–H groups in total. The number of halogens is 1. The number of sulfonamides is 1. The Balaban J connectivity index is 0.00000192. The van der Waals surface area contributed by atoms with Crippen LogP contribution in [-0.2, 0) is 10.0 Å². The zero-order valence-corrected chi connectivity index (χ0v) is 14.3. The van der Waals surface area contributed by atoms with Gasteiger partial charge >= 0.3 is 0 Å². The summed E-state index contributed by atoms with van der Waals surface area (Å²) in [6.07, 6.45) is 0. The Morgan fingerprint density at radius 3 is 2.83 bits per heavy atom. The minimum Gasteiger partial charge on any atom is -0.455 e. The number of nitrogens with one attached hydrogen (secondary N) is 1. The molecule has 1 unspecified atom stereocenters. The van der Waals surface area contributed by atoms with Crippen molar-refractivity contribution in [1.82, 2.24) is 20.4 Å². The second-order valence-electron chi connectivity index (χ2n) is 5.23. The third kappa shape index (κ3) is 3.56. The molecule has 1 atom stereocenters. The molecule has 3 rings (SSSR count). The number of rotatable bonds is 3. The molecule has 0 radical (unpaired) electrons. The van der Waals surface area contributed by atoms with Crippen LogP contribution in [0.1, 0.15) is 17.6 Å². The van der Waals surface area contributed by atoms with Gasteiger partial charge in [-0.2, -0.15) is 4.98 Å². The topological polar surface area (TPSA) is 127 Å². The molecule has 0 aliphatic carbocycles. The fraction of sp³-hybridized carbons (Fsp3) is 0.500. The molecule has 0 bridgehead atoms. The fourth-order valence-electron chi connectivity index (χ4n) is 2.42. The number of likely N-dealkylation sites (N-methyl/N-ethyl adjacent to an activating group) is 1. The van der Waals surface area contributed by atoms with Gasteiger partial charge in [-0.3, -0.25) is 4.90 Å². The molecule has 1 fully saturated rings. The molecule has 0 saturated carbocycles. The number of furan rings is 1. The Morgan fingerprint density at radius 1 is 1.48 bits per heavy atom. The van der Waals surface area contributed by atoms with E-state index in [1.807, 2.05) is 7.05 Å². The van der Waals surface area contributed by atoms with Gasteiger partial charge in [0.25, 0.3) is 5.89 Å². The van der Waals surface area contributed by atoms with Crippen molar-refractivity contribution in [2.24, 2.45) is 5.14 Å². The number of piperazine rings is 1. The minimum absolute atomic E-state index is 0. The summed E-state index contributed by atoms with van der Waals surface area (Å²) in [7, 11) is -1.86. The van der Waals surface area contributed by atoms with E-state index >= 15 is 0 Å². The highest BCUT2D eigenvalue weighted by Gasteiger charge is 2.27. The summed E-state index contributed by atoms with van der Waals surface area (Å²) in [5.41, 5.74) is 0. The van der Waals surface area contributed by atoms with Crippen molar-refractivity contribution in [2.45, 2.75) is 17.9 Å². The molecule has 1 aliphatic heterocycles. The van der Waals surface area contributed by atoms with E-state index in [9.17, 15) is 8.42 Å². The van der Waals surface area contributed by atoms with E-state index in [2.05, 4.69) is 20.4 Å². The third-order valence-electron chi connectivity index (χ3n) is 3.64. The largest absolute Gasteiger partial charge is 0.455 e. The third-order valence-corrected chi connectivity index (χ3v) is 4.66. The van der Waals surface area contributed by atoms with E-state index in [-0.39, 0.29) is 40.8 Å². The van der Waals surface area contributed by atoms with Crippen molar-refractivity contribution >= 4 is 22.4 Å². The smallest absolute Gasteiger partial charge is 0.293 e. The maximum atomic E-state index is 11.4. The molecule has 0 aromatic carbocycles. The van der Waals surface area contributed by atoms with Gasteiger partial charge in [0.2, 0.25) is 10.0 Å². The molecule has 1 saturated heterocycles. The van der Waals surface area contributed by atoms with E-state index in [1.165, 1.54) is 13.0 Å². The lowest BCUT2D eigenvalue weighted by Gasteiger charge is -2.30. The first kappa shape index (κ1) is 17.9. The van der Waals surface area contributed by atoms with Gasteiger partial charge in [0.05, 0.1) is 6.04 Å². The maximum Gasteiger partial charge on any atom is 0.293 e. The highest BCUT2D eigenvalue weighted by Crippen LogP contribution is 2.28. The highest BCUT2D eigenvalue weighted by molar-refractivity contribution is 7.89. The first-order valence-electron chi connectivity index (χ1n) is 6.74. The first-order chi connectivity index (χ1) is 10.4. The maximum absolute atomic E-state index is 11.4. The summed E-state index contributed by atoms with van der Waals surface area (Å²) in [5, 5.41) is 12.3. The SMILES string of the molecule is Cc1oc(-c2nc(C3CNCCN3C)no2)cc1S(N)(=O)=O.Cl. The molecule has 2 aromatic heterocycles. The van der Waals surface area contributed by atoms with Crippen molar-refractivity contribution < 1.29 is 17.4 Å². The lowest BCUT2D eigenvalue weighted by molar-refractivity contribution is 0.190. The number of aryl methyl sites for hydroxylation is 1. The van der Waals surface area contributed by atoms with Crippen LogP contribution in [0.4, 0.5) is 0 Å². The van der Waals surface area contributed by atoms with Gasteiger partial charge in [-0.1, -0.05) is 5.16 Å². The number of nitrogens with two attached hydrogens (primary N) is 1. The molecule has 23 heavy (non-hydrogen) atoms. The first-order valence-corrected chi connectivity index (χ1v) is 8.29. The van der Waals surface area contributed by atoms with Gasteiger partial charge in [-0.25, -0.2) is 13.6 Å². The Labute approximate surface area is 139 Å². The van der Waals surface area contributed by atoms with Crippen LogP contribution in [0.25, 0.3) is 11.7 Å². The molecule has 2 aromatic rings. The second-order valence-corrected chi connectivity index (χ2v) is 6.76. The van der Waals surface area contributed by atoms with Crippen LogP contribution in [0.5, 0.6) is 0 Å². The van der Waals surface area contributed by atoms with E-state index in [4.69, 9.17) is 14.1 Å². The molecule has 11 heteroatoms. The second kappa shape index (κ2) is 6.57. The van der Waals surface area contributed by atoms with E-state index in [0.29, 0.717) is 5.82 Å². The minimum atomic E-state index is -3.84. The molecule has 0 amide bonds. The Morgan fingerprint density at radius 2 is 2.22 bits per heavy atom. The summed E-state index contributed by atoms with van der Waals surface area (Å²) in [4.78, 5) is 6.34. The van der Waals surface area contributed by atoms with Gasteiger partial charge in [-0.15, -0.1) is 12.4 Å². The zero-order chi connectivity index (χ0) is 15.9. The molecular formula is C12H18ClN5O4S. The van der Waals surface area contributed by atoms with Crippen molar-refractivity contribution in [3.8, 4) is 11.7 Å². The standard InChI is InChI=1S/C12H17N5O4S.ClH/c1-7-10(22(13,18)19)5-9(20-7)12-15-11(16-21-12)8-6-14-3-4-17(8)2;/h5,8,14H,3-4,6H2,1-2H3,(H2,13,18,19);1H. The molecule has 9 nitrogen and oxygen atoms in total. The van der Waals surface area contributed by atoms with Crippen molar-refractivity contribution in [3.05, 3.63) is 17.7 Å². The summed E-state index contributed by atoms with van der Waals surface area (Å²) in [5.74, 6) is 1.03. The number of primary sulfonamides is 1. The van der Waals surface area contributed by atoms with Crippen molar-refractivity contribution in [1.29, 1.82) is 0 Å². The van der Waals surface area contributed by atoms with Gasteiger partial charge in [0.15, 0.2) is 11.6 Å². The average Bonchev–Trinajstić information content (AvgIpc) is 3.05. The van der Waals surface area contributed by atoms with Crippen molar-refractivity contribution in [3.63, 3.8) is 0 Å². The molecule has 0 spiro atoms. The Kier molecular flexibility index (Phi) is 5.11. The van der Waals surface area contributed by atoms with Crippen LogP contribution in [0.2, 0.25) is 0 Å². The van der Waals surface area contributed by atoms with E-state index in [0.717, 1.165) is 19.6 Å². The van der Waals surface area contributed by atoms with E-state index < -0.39 is 10.0 Å². The Bertz CT molecular complexity index is 787. The van der Waals surface area contributed by atoms with Gasteiger partial charge < -0.3 is 14.3 Å². The van der Waals surface area contributed by atoms with Crippen LogP contribution in [0.15, 0.2) is 19.9 Å². The number of hydrogen-bond acceptors (Lipinski definition) is 8. The quantitative estimate of drug-likeness (QED) is 0.796. The monoisotopic (exact) mass is 363 g/mol. The summed E-state index contributed by atoms with van der Waals surface area (Å²) >= 11 is 0. The lowest BCUT2D eigenvalue weighted by atomic mass is 10.2. The molecule has 1 aliphatic rings.